The van der Waals surface area contributed by atoms with Crippen LogP contribution in [0.5, 0.6) is 0 Å². The molecular formula is C34H40N2O2. The van der Waals surface area contributed by atoms with Crippen molar-refractivity contribution >= 4 is 0 Å². The van der Waals surface area contributed by atoms with Gasteiger partial charge in [0.25, 0.3) is 0 Å². The van der Waals surface area contributed by atoms with Gasteiger partial charge in [-0.05, 0) is 83.3 Å². The quantitative estimate of drug-likeness (QED) is 0.288. The lowest BCUT2D eigenvalue weighted by atomic mass is 9.59. The second-order valence-electron chi connectivity index (χ2n) is 11.5. The highest BCUT2D eigenvalue weighted by Crippen LogP contribution is 2.57. The van der Waals surface area contributed by atoms with Gasteiger partial charge in [-0.1, -0.05) is 60.7 Å². The number of morpholine rings is 2. The fourth-order valence-electron chi connectivity index (χ4n) is 7.54. The fraction of sp³-hybridized carbons (Fsp3) is 0.471. The molecule has 3 aliphatic carbocycles. The Morgan fingerprint density at radius 2 is 0.947 bits per heavy atom. The number of aryl methyl sites for hydroxylation is 2. The molecule has 4 nitrogen and oxygen atoms in total. The van der Waals surface area contributed by atoms with Crippen LogP contribution in [0, 0.1) is 0 Å². The summed E-state index contributed by atoms with van der Waals surface area (Å²) in [5.41, 5.74) is 12.5. The largest absolute Gasteiger partial charge is 0.379 e. The SMILES string of the molecule is c1ccc2c(c1)C1c3cccc(CCCN4CCOCC4)c3C2c2cccc(CCCN3CCOCC3)c21. The molecule has 38 heavy (non-hydrogen) atoms. The molecule has 2 saturated heterocycles. The maximum atomic E-state index is 5.55. The standard InChI is InChI=1S/C34H40N2O2/c1-2-12-28-27(11-1)33-29-13-3-8-26(10-6-16-36-19-23-38-24-20-36)32(29)34(28)30-14-4-7-25(31(30)33)9-5-15-35-17-21-37-22-18-35/h1-4,7-8,11-14,33-34H,5-6,9-10,15-24H2. The zero-order valence-corrected chi connectivity index (χ0v) is 22.5. The molecule has 2 unspecified atom stereocenters. The summed E-state index contributed by atoms with van der Waals surface area (Å²) < 4.78 is 11.1. The van der Waals surface area contributed by atoms with Gasteiger partial charge < -0.3 is 9.47 Å². The summed E-state index contributed by atoms with van der Waals surface area (Å²) in [6, 6.07) is 23.6. The van der Waals surface area contributed by atoms with E-state index in [0.717, 1.165) is 65.4 Å². The molecule has 2 fully saturated rings. The molecule has 0 saturated carbocycles. The van der Waals surface area contributed by atoms with Gasteiger partial charge in [0.2, 0.25) is 0 Å². The summed E-state index contributed by atoms with van der Waals surface area (Å²) in [7, 11) is 0. The van der Waals surface area contributed by atoms with E-state index >= 15 is 0 Å². The van der Waals surface area contributed by atoms with E-state index in [1.54, 1.807) is 33.4 Å². The third-order valence-corrected chi connectivity index (χ3v) is 9.33. The third-order valence-electron chi connectivity index (χ3n) is 9.33. The third kappa shape index (κ3) is 4.52. The van der Waals surface area contributed by atoms with Crippen molar-refractivity contribution in [2.24, 2.45) is 0 Å². The number of hydrogen-bond donors (Lipinski definition) is 0. The average molecular weight is 509 g/mol. The first-order valence-corrected chi connectivity index (χ1v) is 14.8. The fourth-order valence-corrected chi connectivity index (χ4v) is 7.54. The van der Waals surface area contributed by atoms with Crippen LogP contribution in [0.1, 0.15) is 69.2 Å². The van der Waals surface area contributed by atoms with E-state index in [4.69, 9.17) is 9.47 Å². The van der Waals surface area contributed by atoms with Crippen LogP contribution in [0.25, 0.3) is 0 Å². The van der Waals surface area contributed by atoms with Gasteiger partial charge in [0, 0.05) is 38.0 Å². The number of benzene rings is 3. The maximum absolute atomic E-state index is 5.55. The van der Waals surface area contributed by atoms with Gasteiger partial charge in [0.1, 0.15) is 0 Å². The summed E-state index contributed by atoms with van der Waals surface area (Å²) in [6.45, 7) is 10.2. The number of ether oxygens (including phenoxy) is 2. The van der Waals surface area contributed by atoms with Crippen LogP contribution in [-0.2, 0) is 22.3 Å². The maximum Gasteiger partial charge on any atom is 0.0594 e. The predicted octanol–water partition coefficient (Wildman–Crippen LogP) is 5.20. The number of nitrogens with zero attached hydrogens (tertiary/aromatic N) is 2. The molecular weight excluding hydrogens is 468 g/mol. The van der Waals surface area contributed by atoms with Crippen LogP contribution >= 0.6 is 0 Å². The molecule has 4 heteroatoms. The highest BCUT2D eigenvalue weighted by Gasteiger charge is 2.43. The van der Waals surface area contributed by atoms with Crippen molar-refractivity contribution in [3.8, 4) is 0 Å². The van der Waals surface area contributed by atoms with E-state index in [1.807, 2.05) is 0 Å². The normalized spacial score (nSPS) is 22.6. The first kappa shape index (κ1) is 24.5. The Hall–Kier alpha value is -2.50. The molecule has 0 amide bonds. The van der Waals surface area contributed by atoms with E-state index in [0.29, 0.717) is 11.8 Å². The smallest absolute Gasteiger partial charge is 0.0594 e. The summed E-state index contributed by atoms with van der Waals surface area (Å²) in [4.78, 5) is 5.14. The van der Waals surface area contributed by atoms with Crippen molar-refractivity contribution in [2.75, 3.05) is 65.7 Å². The second-order valence-corrected chi connectivity index (χ2v) is 11.5. The molecule has 2 aliphatic heterocycles. The van der Waals surface area contributed by atoms with Crippen LogP contribution in [-0.4, -0.2) is 75.5 Å². The lowest BCUT2D eigenvalue weighted by Crippen LogP contribution is -2.37. The van der Waals surface area contributed by atoms with Crippen LogP contribution in [0.3, 0.4) is 0 Å². The minimum atomic E-state index is 0.361. The topological polar surface area (TPSA) is 24.9 Å². The first-order valence-electron chi connectivity index (χ1n) is 14.8. The van der Waals surface area contributed by atoms with Crippen molar-refractivity contribution in [1.29, 1.82) is 0 Å². The number of hydrogen-bond acceptors (Lipinski definition) is 4. The molecule has 5 aliphatic rings. The Bertz CT molecular complexity index is 1180. The highest BCUT2D eigenvalue weighted by atomic mass is 16.5. The minimum Gasteiger partial charge on any atom is -0.379 e. The molecule has 2 bridgehead atoms. The molecule has 0 spiro atoms. The van der Waals surface area contributed by atoms with Gasteiger partial charge in [-0.2, -0.15) is 0 Å². The van der Waals surface area contributed by atoms with Gasteiger partial charge in [0.05, 0.1) is 26.4 Å². The van der Waals surface area contributed by atoms with Gasteiger partial charge in [-0.3, -0.25) is 9.80 Å². The van der Waals surface area contributed by atoms with E-state index in [9.17, 15) is 0 Å². The molecule has 3 aromatic carbocycles. The van der Waals surface area contributed by atoms with Crippen molar-refractivity contribution in [1.82, 2.24) is 9.80 Å². The molecule has 0 aromatic heterocycles. The molecule has 0 radical (unpaired) electrons. The van der Waals surface area contributed by atoms with E-state index in [-0.39, 0.29) is 0 Å². The first-order chi connectivity index (χ1) is 18.9. The van der Waals surface area contributed by atoms with Crippen molar-refractivity contribution in [2.45, 2.75) is 37.5 Å². The van der Waals surface area contributed by atoms with E-state index < -0.39 is 0 Å². The minimum absolute atomic E-state index is 0.361. The van der Waals surface area contributed by atoms with Gasteiger partial charge in [0.15, 0.2) is 0 Å². The van der Waals surface area contributed by atoms with Crippen LogP contribution < -0.4 is 0 Å². The van der Waals surface area contributed by atoms with Gasteiger partial charge >= 0.3 is 0 Å². The van der Waals surface area contributed by atoms with E-state index in [1.165, 1.54) is 37.1 Å². The molecule has 0 N–H and O–H groups in total. The Morgan fingerprint density at radius 3 is 1.39 bits per heavy atom. The summed E-state index contributed by atoms with van der Waals surface area (Å²) >= 11 is 0. The van der Waals surface area contributed by atoms with Crippen LogP contribution in [0.15, 0.2) is 60.7 Å². The van der Waals surface area contributed by atoms with Crippen molar-refractivity contribution in [3.63, 3.8) is 0 Å². The summed E-state index contributed by atoms with van der Waals surface area (Å²) in [5, 5.41) is 0. The Labute approximate surface area is 227 Å². The number of rotatable bonds is 8. The summed E-state index contributed by atoms with van der Waals surface area (Å²) in [5.74, 6) is 0.722. The lowest BCUT2D eigenvalue weighted by Gasteiger charge is -2.44. The predicted molar refractivity (Wildman–Crippen MR) is 152 cm³/mol. The van der Waals surface area contributed by atoms with E-state index in [2.05, 4.69) is 70.5 Å². The molecule has 3 aromatic rings. The van der Waals surface area contributed by atoms with Crippen LogP contribution in [0.2, 0.25) is 0 Å². The van der Waals surface area contributed by atoms with Crippen molar-refractivity contribution < 1.29 is 9.47 Å². The van der Waals surface area contributed by atoms with Crippen LogP contribution in [0.4, 0.5) is 0 Å². The Kier molecular flexibility index (Phi) is 7.06. The monoisotopic (exact) mass is 508 g/mol. The highest BCUT2D eigenvalue weighted by molar-refractivity contribution is 5.70. The molecule has 8 rings (SSSR count). The second kappa shape index (κ2) is 10.9. The Morgan fingerprint density at radius 1 is 0.526 bits per heavy atom. The zero-order valence-electron chi connectivity index (χ0n) is 22.5. The molecule has 2 heterocycles. The van der Waals surface area contributed by atoms with Gasteiger partial charge in [-0.25, -0.2) is 0 Å². The van der Waals surface area contributed by atoms with Crippen molar-refractivity contribution in [3.05, 3.63) is 105 Å². The van der Waals surface area contributed by atoms with Gasteiger partial charge in [-0.15, -0.1) is 0 Å². The molecule has 2 atom stereocenters. The lowest BCUT2D eigenvalue weighted by molar-refractivity contribution is 0.0374. The zero-order chi connectivity index (χ0) is 25.3. The summed E-state index contributed by atoms with van der Waals surface area (Å²) in [6.07, 6.45) is 4.73. The molecule has 198 valence electrons. The average Bonchev–Trinajstić information content (AvgIpc) is 2.98. The Balaban J connectivity index is 1.18.